The first-order chi connectivity index (χ1) is 12.9. The molecular weight excluding hydrogens is 367 g/mol. The molecule has 1 amide bonds. The highest BCUT2D eigenvalue weighted by molar-refractivity contribution is 6.31. The van der Waals surface area contributed by atoms with Crippen molar-refractivity contribution in [2.45, 2.75) is 20.4 Å². The Morgan fingerprint density at radius 3 is 2.56 bits per heavy atom. The van der Waals surface area contributed by atoms with E-state index in [0.29, 0.717) is 28.9 Å². The Labute approximate surface area is 161 Å². The number of halogens is 2. The van der Waals surface area contributed by atoms with Gasteiger partial charge in [-0.3, -0.25) is 4.79 Å². The smallest absolute Gasteiger partial charge is 0.274 e. The lowest BCUT2D eigenvalue weighted by molar-refractivity contribution is 0.102. The summed E-state index contributed by atoms with van der Waals surface area (Å²) in [7, 11) is 0. The molecule has 0 fully saturated rings. The van der Waals surface area contributed by atoms with Crippen molar-refractivity contribution in [3.8, 4) is 0 Å². The summed E-state index contributed by atoms with van der Waals surface area (Å²) in [5.74, 6) is -0.316. The molecule has 1 aromatic heterocycles. The standard InChI is InChI=1S/C20H18ClFN4O/c1-12-3-6-15(21)10-17(12)25-19(27)18-9-13(2)24-20(26-18)23-11-14-4-7-16(22)8-5-14/h3-10H,11H2,1-2H3,(H,25,27)(H,23,24,26). The van der Waals surface area contributed by atoms with Gasteiger partial charge in [0.15, 0.2) is 0 Å². The molecule has 2 N–H and O–H groups in total. The van der Waals surface area contributed by atoms with E-state index < -0.39 is 0 Å². The van der Waals surface area contributed by atoms with Crippen LogP contribution >= 0.6 is 11.6 Å². The number of amides is 1. The summed E-state index contributed by atoms with van der Waals surface area (Å²) in [6.07, 6.45) is 0. The largest absolute Gasteiger partial charge is 0.350 e. The lowest BCUT2D eigenvalue weighted by atomic mass is 10.2. The Balaban J connectivity index is 1.74. The predicted octanol–water partition coefficient (Wildman–Crippen LogP) is 4.75. The maximum absolute atomic E-state index is 13.0. The number of carbonyl (C=O) groups excluding carboxylic acids is 1. The lowest BCUT2D eigenvalue weighted by Gasteiger charge is -2.11. The Bertz CT molecular complexity index is 976. The van der Waals surface area contributed by atoms with E-state index in [1.54, 1.807) is 37.3 Å². The Hall–Kier alpha value is -2.99. The van der Waals surface area contributed by atoms with Gasteiger partial charge in [-0.15, -0.1) is 0 Å². The molecule has 0 spiro atoms. The predicted molar refractivity (Wildman–Crippen MR) is 105 cm³/mol. The van der Waals surface area contributed by atoms with E-state index in [2.05, 4.69) is 20.6 Å². The molecule has 0 bridgehead atoms. The van der Waals surface area contributed by atoms with E-state index in [4.69, 9.17) is 11.6 Å². The van der Waals surface area contributed by atoms with Crippen LogP contribution in [-0.4, -0.2) is 15.9 Å². The van der Waals surface area contributed by atoms with Crippen LogP contribution in [0, 0.1) is 19.7 Å². The van der Waals surface area contributed by atoms with E-state index in [1.165, 1.54) is 12.1 Å². The number of hydrogen-bond donors (Lipinski definition) is 2. The van der Waals surface area contributed by atoms with Gasteiger partial charge in [-0.1, -0.05) is 29.8 Å². The Morgan fingerprint density at radius 1 is 1.07 bits per heavy atom. The fraction of sp³-hybridized carbons (Fsp3) is 0.150. The van der Waals surface area contributed by atoms with Crippen LogP contribution in [0.1, 0.15) is 27.3 Å². The second-order valence-electron chi connectivity index (χ2n) is 6.11. The molecule has 27 heavy (non-hydrogen) atoms. The number of nitrogens with one attached hydrogen (secondary N) is 2. The molecule has 0 atom stereocenters. The highest BCUT2D eigenvalue weighted by Gasteiger charge is 2.12. The van der Waals surface area contributed by atoms with Crippen LogP contribution in [0.3, 0.4) is 0 Å². The normalized spacial score (nSPS) is 10.5. The third-order valence-electron chi connectivity index (χ3n) is 3.90. The van der Waals surface area contributed by atoms with Gasteiger partial charge in [-0.05, 0) is 55.3 Å². The average molecular weight is 385 g/mol. The molecule has 0 unspecified atom stereocenters. The number of rotatable bonds is 5. The minimum Gasteiger partial charge on any atom is -0.350 e. The molecule has 0 saturated carbocycles. The number of aryl methyl sites for hydroxylation is 2. The van der Waals surface area contributed by atoms with Gasteiger partial charge < -0.3 is 10.6 Å². The summed E-state index contributed by atoms with van der Waals surface area (Å²) < 4.78 is 13.0. The number of hydrogen-bond acceptors (Lipinski definition) is 4. The molecule has 3 rings (SSSR count). The number of nitrogens with zero attached hydrogens (tertiary/aromatic N) is 2. The quantitative estimate of drug-likeness (QED) is 0.666. The van der Waals surface area contributed by atoms with E-state index in [-0.39, 0.29) is 17.4 Å². The number of aromatic nitrogens is 2. The van der Waals surface area contributed by atoms with Gasteiger partial charge in [-0.25, -0.2) is 14.4 Å². The van der Waals surface area contributed by atoms with Crippen molar-refractivity contribution in [3.05, 3.63) is 81.9 Å². The summed E-state index contributed by atoms with van der Waals surface area (Å²) in [5.41, 5.74) is 3.29. The monoisotopic (exact) mass is 384 g/mol. The van der Waals surface area contributed by atoms with E-state index >= 15 is 0 Å². The summed E-state index contributed by atoms with van der Waals surface area (Å²) >= 11 is 6.00. The van der Waals surface area contributed by atoms with Crippen molar-refractivity contribution in [2.24, 2.45) is 0 Å². The molecule has 1 heterocycles. The Morgan fingerprint density at radius 2 is 1.81 bits per heavy atom. The van der Waals surface area contributed by atoms with Crippen LogP contribution < -0.4 is 10.6 Å². The average Bonchev–Trinajstić information content (AvgIpc) is 2.64. The summed E-state index contributed by atoms with van der Waals surface area (Å²) in [6.45, 7) is 4.08. The molecular formula is C20H18ClFN4O. The Kier molecular flexibility index (Phi) is 5.66. The van der Waals surface area contributed by atoms with Gasteiger partial charge in [0.05, 0.1) is 0 Å². The van der Waals surface area contributed by atoms with Crippen LogP contribution in [0.4, 0.5) is 16.0 Å². The molecule has 7 heteroatoms. The van der Waals surface area contributed by atoms with Crippen molar-refractivity contribution < 1.29 is 9.18 Å². The van der Waals surface area contributed by atoms with Gasteiger partial charge in [0.1, 0.15) is 11.5 Å². The fourth-order valence-electron chi connectivity index (χ4n) is 2.46. The third-order valence-corrected chi connectivity index (χ3v) is 4.13. The van der Waals surface area contributed by atoms with Gasteiger partial charge in [0.25, 0.3) is 5.91 Å². The van der Waals surface area contributed by atoms with Crippen molar-refractivity contribution in [3.63, 3.8) is 0 Å². The molecule has 5 nitrogen and oxygen atoms in total. The molecule has 0 aliphatic rings. The number of carbonyl (C=O) groups is 1. The van der Waals surface area contributed by atoms with Gasteiger partial charge in [0, 0.05) is 22.9 Å². The zero-order valence-electron chi connectivity index (χ0n) is 14.9. The van der Waals surface area contributed by atoms with Crippen LogP contribution in [0.25, 0.3) is 0 Å². The minimum atomic E-state index is -0.351. The highest BCUT2D eigenvalue weighted by atomic mass is 35.5. The molecule has 0 aliphatic heterocycles. The maximum Gasteiger partial charge on any atom is 0.274 e. The molecule has 138 valence electrons. The summed E-state index contributed by atoms with van der Waals surface area (Å²) in [4.78, 5) is 21.1. The molecule has 0 radical (unpaired) electrons. The van der Waals surface area contributed by atoms with E-state index in [1.807, 2.05) is 13.0 Å². The first-order valence-electron chi connectivity index (χ1n) is 8.32. The van der Waals surface area contributed by atoms with E-state index in [9.17, 15) is 9.18 Å². The zero-order chi connectivity index (χ0) is 19.4. The zero-order valence-corrected chi connectivity index (χ0v) is 15.6. The third kappa shape index (κ3) is 5.01. The van der Waals surface area contributed by atoms with Gasteiger partial charge in [-0.2, -0.15) is 0 Å². The summed E-state index contributed by atoms with van der Waals surface area (Å²) in [5, 5.41) is 6.41. The van der Waals surface area contributed by atoms with Crippen molar-refractivity contribution in [1.29, 1.82) is 0 Å². The first-order valence-corrected chi connectivity index (χ1v) is 8.70. The minimum absolute atomic E-state index is 0.239. The van der Waals surface area contributed by atoms with Gasteiger partial charge >= 0.3 is 0 Å². The summed E-state index contributed by atoms with van der Waals surface area (Å²) in [6, 6.07) is 13.0. The maximum atomic E-state index is 13.0. The van der Waals surface area contributed by atoms with Gasteiger partial charge in [0.2, 0.25) is 5.95 Å². The topological polar surface area (TPSA) is 66.9 Å². The van der Waals surface area contributed by atoms with E-state index in [0.717, 1.165) is 11.1 Å². The second kappa shape index (κ2) is 8.14. The SMILES string of the molecule is Cc1cc(C(=O)Nc2cc(Cl)ccc2C)nc(NCc2ccc(F)cc2)n1. The van der Waals surface area contributed by atoms with Crippen LogP contribution in [0.2, 0.25) is 5.02 Å². The number of anilines is 2. The van der Waals surface area contributed by atoms with Crippen molar-refractivity contribution in [1.82, 2.24) is 9.97 Å². The molecule has 0 saturated heterocycles. The first kappa shape index (κ1) is 18.8. The van der Waals surface area contributed by atoms with Crippen LogP contribution in [-0.2, 0) is 6.54 Å². The molecule has 3 aromatic rings. The molecule has 2 aromatic carbocycles. The van der Waals surface area contributed by atoms with Crippen molar-refractivity contribution >= 4 is 29.1 Å². The fourth-order valence-corrected chi connectivity index (χ4v) is 2.63. The lowest BCUT2D eigenvalue weighted by Crippen LogP contribution is -2.16. The highest BCUT2D eigenvalue weighted by Crippen LogP contribution is 2.21. The van der Waals surface area contributed by atoms with Crippen LogP contribution in [0.5, 0.6) is 0 Å². The second-order valence-corrected chi connectivity index (χ2v) is 6.55. The van der Waals surface area contributed by atoms with Crippen LogP contribution in [0.15, 0.2) is 48.5 Å². The molecule has 0 aliphatic carbocycles. The number of benzene rings is 2. The van der Waals surface area contributed by atoms with Crippen molar-refractivity contribution in [2.75, 3.05) is 10.6 Å².